The standard InChI is InChI=1S/C14H17NO/c1-10-8-12-3-2-11(9-13(12)16-10)4-5-14(15)6-7-14/h2-3,8-9H,4-7,15H2,1H3. The quantitative estimate of drug-likeness (QED) is 0.854. The van der Waals surface area contributed by atoms with Crippen LogP contribution in [0.5, 0.6) is 0 Å². The highest BCUT2D eigenvalue weighted by atomic mass is 16.3. The molecule has 2 aromatic rings. The van der Waals surface area contributed by atoms with Gasteiger partial charge >= 0.3 is 0 Å². The van der Waals surface area contributed by atoms with Crippen LogP contribution in [0, 0.1) is 6.92 Å². The fourth-order valence-electron chi connectivity index (χ4n) is 2.17. The molecule has 0 spiro atoms. The van der Waals surface area contributed by atoms with Crippen molar-refractivity contribution >= 4 is 11.0 Å². The third-order valence-corrected chi connectivity index (χ3v) is 3.51. The molecule has 1 aromatic carbocycles. The molecule has 1 aromatic heterocycles. The fourth-order valence-corrected chi connectivity index (χ4v) is 2.17. The van der Waals surface area contributed by atoms with E-state index in [9.17, 15) is 0 Å². The van der Waals surface area contributed by atoms with Gasteiger partial charge in [0.05, 0.1) is 0 Å². The van der Waals surface area contributed by atoms with Crippen molar-refractivity contribution in [2.75, 3.05) is 0 Å². The molecule has 16 heavy (non-hydrogen) atoms. The highest BCUT2D eigenvalue weighted by Crippen LogP contribution is 2.36. The molecule has 0 aliphatic heterocycles. The Bertz CT molecular complexity index is 523. The number of nitrogens with two attached hydrogens (primary N) is 1. The molecule has 2 N–H and O–H groups in total. The molecule has 0 unspecified atom stereocenters. The minimum Gasteiger partial charge on any atom is -0.461 e. The Morgan fingerprint density at radius 3 is 2.88 bits per heavy atom. The second-order valence-electron chi connectivity index (χ2n) is 5.09. The molecule has 0 atom stereocenters. The summed E-state index contributed by atoms with van der Waals surface area (Å²) >= 11 is 0. The van der Waals surface area contributed by atoms with Gasteiger partial charge in [-0.25, -0.2) is 0 Å². The van der Waals surface area contributed by atoms with E-state index in [2.05, 4.69) is 24.3 Å². The van der Waals surface area contributed by atoms with Crippen LogP contribution < -0.4 is 5.73 Å². The van der Waals surface area contributed by atoms with Crippen LogP contribution in [0.25, 0.3) is 11.0 Å². The third kappa shape index (κ3) is 1.85. The lowest BCUT2D eigenvalue weighted by Crippen LogP contribution is -2.21. The highest BCUT2D eigenvalue weighted by molar-refractivity contribution is 5.78. The monoisotopic (exact) mass is 215 g/mol. The van der Waals surface area contributed by atoms with Crippen molar-refractivity contribution in [3.63, 3.8) is 0 Å². The Morgan fingerprint density at radius 1 is 1.31 bits per heavy atom. The van der Waals surface area contributed by atoms with Crippen molar-refractivity contribution < 1.29 is 4.42 Å². The lowest BCUT2D eigenvalue weighted by Gasteiger charge is -2.07. The maximum atomic E-state index is 6.09. The van der Waals surface area contributed by atoms with Gasteiger partial charge in [0.1, 0.15) is 11.3 Å². The van der Waals surface area contributed by atoms with Crippen LogP contribution in [-0.4, -0.2) is 5.54 Å². The smallest absolute Gasteiger partial charge is 0.134 e. The van der Waals surface area contributed by atoms with Crippen molar-refractivity contribution in [2.24, 2.45) is 5.73 Å². The molecule has 1 heterocycles. The molecule has 1 fully saturated rings. The summed E-state index contributed by atoms with van der Waals surface area (Å²) in [6.07, 6.45) is 4.54. The second kappa shape index (κ2) is 3.36. The summed E-state index contributed by atoms with van der Waals surface area (Å²) < 4.78 is 5.62. The first kappa shape index (κ1) is 9.91. The van der Waals surface area contributed by atoms with Gasteiger partial charge in [-0.1, -0.05) is 12.1 Å². The van der Waals surface area contributed by atoms with E-state index in [0.717, 1.165) is 24.2 Å². The van der Waals surface area contributed by atoms with Crippen molar-refractivity contribution in [2.45, 2.75) is 38.1 Å². The maximum absolute atomic E-state index is 6.09. The summed E-state index contributed by atoms with van der Waals surface area (Å²) in [6.45, 7) is 1.98. The van der Waals surface area contributed by atoms with Gasteiger partial charge in [0.25, 0.3) is 0 Å². The van der Waals surface area contributed by atoms with Gasteiger partial charge in [0.2, 0.25) is 0 Å². The van der Waals surface area contributed by atoms with Gasteiger partial charge in [-0.15, -0.1) is 0 Å². The summed E-state index contributed by atoms with van der Waals surface area (Å²) in [5.74, 6) is 0.977. The molecule has 1 aliphatic carbocycles. The van der Waals surface area contributed by atoms with Crippen LogP contribution in [0.4, 0.5) is 0 Å². The van der Waals surface area contributed by atoms with E-state index in [1.165, 1.54) is 23.8 Å². The van der Waals surface area contributed by atoms with Crippen molar-refractivity contribution in [3.05, 3.63) is 35.6 Å². The molecule has 1 saturated carbocycles. The molecular weight excluding hydrogens is 198 g/mol. The molecule has 2 heteroatoms. The SMILES string of the molecule is Cc1cc2ccc(CCC3(N)CC3)cc2o1. The summed E-state index contributed by atoms with van der Waals surface area (Å²) in [7, 11) is 0. The van der Waals surface area contributed by atoms with Crippen LogP contribution in [0.3, 0.4) is 0 Å². The van der Waals surface area contributed by atoms with E-state index < -0.39 is 0 Å². The van der Waals surface area contributed by atoms with Crippen LogP contribution in [-0.2, 0) is 6.42 Å². The lowest BCUT2D eigenvalue weighted by atomic mass is 10.0. The number of benzene rings is 1. The first-order chi connectivity index (χ1) is 7.65. The van der Waals surface area contributed by atoms with E-state index >= 15 is 0 Å². The topological polar surface area (TPSA) is 39.2 Å². The molecule has 1 aliphatic rings. The minimum absolute atomic E-state index is 0.147. The second-order valence-corrected chi connectivity index (χ2v) is 5.09. The average molecular weight is 215 g/mol. The maximum Gasteiger partial charge on any atom is 0.134 e. The van der Waals surface area contributed by atoms with E-state index in [0.29, 0.717) is 0 Å². The Labute approximate surface area is 95.4 Å². The molecule has 2 nitrogen and oxygen atoms in total. The zero-order chi connectivity index (χ0) is 11.2. The number of hydrogen-bond acceptors (Lipinski definition) is 2. The number of fused-ring (bicyclic) bond motifs is 1. The number of aryl methyl sites for hydroxylation is 2. The van der Waals surface area contributed by atoms with E-state index in [-0.39, 0.29) is 5.54 Å². The third-order valence-electron chi connectivity index (χ3n) is 3.51. The van der Waals surface area contributed by atoms with Crippen molar-refractivity contribution in [3.8, 4) is 0 Å². The highest BCUT2D eigenvalue weighted by Gasteiger charge is 2.37. The Morgan fingerprint density at radius 2 is 2.12 bits per heavy atom. The Kier molecular flexibility index (Phi) is 2.08. The van der Waals surface area contributed by atoms with Crippen LogP contribution in [0.1, 0.15) is 30.6 Å². The van der Waals surface area contributed by atoms with E-state index in [1.54, 1.807) is 0 Å². The van der Waals surface area contributed by atoms with Gasteiger partial charge in [-0.3, -0.25) is 0 Å². The minimum atomic E-state index is 0.147. The molecule has 0 saturated heterocycles. The Balaban J connectivity index is 1.81. The van der Waals surface area contributed by atoms with Gasteiger partial charge in [0.15, 0.2) is 0 Å². The largest absolute Gasteiger partial charge is 0.461 e. The Hall–Kier alpha value is -1.28. The lowest BCUT2D eigenvalue weighted by molar-refractivity contribution is 0.576. The number of hydrogen-bond donors (Lipinski definition) is 1. The summed E-state index contributed by atoms with van der Waals surface area (Å²) in [4.78, 5) is 0. The van der Waals surface area contributed by atoms with Crippen LogP contribution in [0.15, 0.2) is 28.7 Å². The molecule has 0 bridgehead atoms. The molecule has 0 radical (unpaired) electrons. The van der Waals surface area contributed by atoms with Gasteiger partial charge in [0, 0.05) is 10.9 Å². The van der Waals surface area contributed by atoms with Crippen LogP contribution >= 0.6 is 0 Å². The zero-order valence-electron chi connectivity index (χ0n) is 9.62. The van der Waals surface area contributed by atoms with Crippen LogP contribution in [0.2, 0.25) is 0 Å². The van der Waals surface area contributed by atoms with Gasteiger partial charge in [-0.05, 0) is 50.3 Å². The van der Waals surface area contributed by atoms with E-state index in [4.69, 9.17) is 10.2 Å². The molecule has 0 amide bonds. The van der Waals surface area contributed by atoms with Gasteiger partial charge < -0.3 is 10.2 Å². The summed E-state index contributed by atoms with van der Waals surface area (Å²) in [6, 6.07) is 8.54. The van der Waals surface area contributed by atoms with Gasteiger partial charge in [-0.2, -0.15) is 0 Å². The van der Waals surface area contributed by atoms with E-state index in [1.807, 2.05) is 6.92 Å². The molecule has 3 rings (SSSR count). The van der Waals surface area contributed by atoms with Crippen molar-refractivity contribution in [1.82, 2.24) is 0 Å². The normalized spacial score (nSPS) is 17.9. The number of rotatable bonds is 3. The molecule has 84 valence electrons. The molecular formula is C14H17NO. The first-order valence-corrected chi connectivity index (χ1v) is 5.93. The first-order valence-electron chi connectivity index (χ1n) is 5.93. The summed E-state index contributed by atoms with van der Waals surface area (Å²) in [5.41, 5.74) is 8.56. The zero-order valence-corrected chi connectivity index (χ0v) is 9.62. The average Bonchev–Trinajstić information content (AvgIpc) is 2.87. The fraction of sp³-hybridized carbons (Fsp3) is 0.429. The van der Waals surface area contributed by atoms with Crippen molar-refractivity contribution in [1.29, 1.82) is 0 Å². The predicted molar refractivity (Wildman–Crippen MR) is 65.4 cm³/mol. The predicted octanol–water partition coefficient (Wildman–Crippen LogP) is 3.17. The number of furan rings is 1. The summed E-state index contributed by atoms with van der Waals surface area (Å²) in [5, 5.41) is 1.19.